The SMILES string of the molecule is CC(C)(C)C(=O)Cc1ccc(C(O)c2ccc3ncc(C4CCCCC4)nc3c2)cc1. The Hall–Kier alpha value is -2.59. The molecule has 1 aromatic heterocycles. The summed E-state index contributed by atoms with van der Waals surface area (Å²) in [6.45, 7) is 5.82. The van der Waals surface area contributed by atoms with Gasteiger partial charge in [-0.2, -0.15) is 0 Å². The van der Waals surface area contributed by atoms with Crippen LogP contribution in [0.4, 0.5) is 0 Å². The van der Waals surface area contributed by atoms with Crippen molar-refractivity contribution in [1.29, 1.82) is 0 Å². The van der Waals surface area contributed by atoms with E-state index in [1.807, 2.05) is 69.4 Å². The highest BCUT2D eigenvalue weighted by molar-refractivity contribution is 5.85. The summed E-state index contributed by atoms with van der Waals surface area (Å²) in [7, 11) is 0. The van der Waals surface area contributed by atoms with Crippen LogP contribution in [0.15, 0.2) is 48.7 Å². The van der Waals surface area contributed by atoms with E-state index in [1.54, 1.807) is 0 Å². The second-order valence-corrected chi connectivity index (χ2v) is 9.87. The first-order valence-electron chi connectivity index (χ1n) is 11.4. The molecule has 2 aromatic carbocycles. The van der Waals surface area contributed by atoms with Gasteiger partial charge in [-0.3, -0.25) is 9.78 Å². The summed E-state index contributed by atoms with van der Waals surface area (Å²) in [6.07, 6.45) is 7.82. The number of rotatable bonds is 5. The number of aliphatic hydroxyl groups is 1. The van der Waals surface area contributed by atoms with Gasteiger partial charge in [0, 0.05) is 24.0 Å². The van der Waals surface area contributed by atoms with Gasteiger partial charge < -0.3 is 5.11 Å². The van der Waals surface area contributed by atoms with Crippen LogP contribution in [0.5, 0.6) is 0 Å². The molecular weight excluding hydrogens is 384 g/mol. The number of carbonyl (C=O) groups excluding carboxylic acids is 1. The first-order valence-corrected chi connectivity index (χ1v) is 11.4. The minimum atomic E-state index is -0.739. The highest BCUT2D eigenvalue weighted by atomic mass is 16.3. The van der Waals surface area contributed by atoms with Crippen LogP contribution in [0.25, 0.3) is 11.0 Å². The number of hydrogen-bond donors (Lipinski definition) is 1. The van der Waals surface area contributed by atoms with Crippen LogP contribution in [-0.4, -0.2) is 20.9 Å². The number of nitrogens with zero attached hydrogens (tertiary/aromatic N) is 2. The summed E-state index contributed by atoms with van der Waals surface area (Å²) < 4.78 is 0. The molecule has 1 heterocycles. The molecular formula is C27H32N2O2. The van der Waals surface area contributed by atoms with Crippen molar-refractivity contribution in [2.45, 2.75) is 71.3 Å². The van der Waals surface area contributed by atoms with Gasteiger partial charge in [0.05, 0.1) is 16.7 Å². The molecule has 162 valence electrons. The molecule has 1 aliphatic carbocycles. The monoisotopic (exact) mass is 416 g/mol. The van der Waals surface area contributed by atoms with Gasteiger partial charge in [0.1, 0.15) is 11.9 Å². The maximum absolute atomic E-state index is 12.3. The number of ketones is 1. The van der Waals surface area contributed by atoms with E-state index in [0.717, 1.165) is 33.4 Å². The summed E-state index contributed by atoms with van der Waals surface area (Å²) >= 11 is 0. The first kappa shape index (κ1) is 21.6. The lowest BCUT2D eigenvalue weighted by atomic mass is 9.87. The number of Topliss-reactive ketones (excluding diaryl/α,β-unsaturated/α-hetero) is 1. The Morgan fingerprint density at radius 1 is 1.00 bits per heavy atom. The van der Waals surface area contributed by atoms with Crippen molar-refractivity contribution >= 4 is 16.8 Å². The van der Waals surface area contributed by atoms with Crippen molar-refractivity contribution in [2.75, 3.05) is 0 Å². The number of carbonyl (C=O) groups is 1. The Balaban J connectivity index is 1.54. The van der Waals surface area contributed by atoms with E-state index in [2.05, 4.69) is 4.98 Å². The van der Waals surface area contributed by atoms with Crippen molar-refractivity contribution in [2.24, 2.45) is 5.41 Å². The molecule has 4 nitrogen and oxygen atoms in total. The van der Waals surface area contributed by atoms with E-state index < -0.39 is 6.10 Å². The lowest BCUT2D eigenvalue weighted by Crippen LogP contribution is -2.22. The van der Waals surface area contributed by atoms with E-state index >= 15 is 0 Å². The molecule has 0 spiro atoms. The standard InChI is InChI=1S/C27H32N2O2/c1-27(2,3)25(30)15-18-9-11-20(12-10-18)26(31)21-13-14-22-23(16-21)29-24(17-28-22)19-7-5-4-6-8-19/h9-14,16-17,19,26,31H,4-8,15H2,1-3H3. The minimum Gasteiger partial charge on any atom is -0.384 e. The van der Waals surface area contributed by atoms with Gasteiger partial charge in [-0.1, -0.05) is 70.4 Å². The van der Waals surface area contributed by atoms with Crippen LogP contribution < -0.4 is 0 Å². The van der Waals surface area contributed by atoms with Crippen LogP contribution in [0.3, 0.4) is 0 Å². The fraction of sp³-hybridized carbons (Fsp3) is 0.444. The summed E-state index contributed by atoms with van der Waals surface area (Å²) in [5, 5.41) is 11.0. The minimum absolute atomic E-state index is 0.211. The number of aliphatic hydroxyl groups excluding tert-OH is 1. The average Bonchev–Trinajstić information content (AvgIpc) is 2.78. The summed E-state index contributed by atoms with van der Waals surface area (Å²) in [5.74, 6) is 0.713. The van der Waals surface area contributed by atoms with Crippen LogP contribution in [-0.2, 0) is 11.2 Å². The Kier molecular flexibility index (Phi) is 6.19. The highest BCUT2D eigenvalue weighted by Crippen LogP contribution is 2.32. The molecule has 3 aromatic rings. The van der Waals surface area contributed by atoms with Gasteiger partial charge in [0.25, 0.3) is 0 Å². The second kappa shape index (κ2) is 8.88. The lowest BCUT2D eigenvalue weighted by molar-refractivity contribution is -0.125. The third-order valence-corrected chi connectivity index (χ3v) is 6.42. The molecule has 1 unspecified atom stereocenters. The normalized spacial score (nSPS) is 16.4. The van der Waals surface area contributed by atoms with E-state index in [0.29, 0.717) is 12.3 Å². The maximum Gasteiger partial charge on any atom is 0.142 e. The zero-order chi connectivity index (χ0) is 22.0. The maximum atomic E-state index is 12.3. The van der Waals surface area contributed by atoms with Crippen molar-refractivity contribution < 1.29 is 9.90 Å². The second-order valence-electron chi connectivity index (χ2n) is 9.87. The van der Waals surface area contributed by atoms with Crippen LogP contribution in [0.2, 0.25) is 0 Å². The molecule has 0 aliphatic heterocycles. The Bertz CT molecular complexity index is 1060. The fourth-order valence-corrected chi connectivity index (χ4v) is 4.27. The molecule has 31 heavy (non-hydrogen) atoms. The number of aromatic nitrogens is 2. The van der Waals surface area contributed by atoms with Gasteiger partial charge in [-0.15, -0.1) is 0 Å². The number of hydrogen-bond acceptors (Lipinski definition) is 4. The van der Waals surface area contributed by atoms with E-state index in [4.69, 9.17) is 4.98 Å². The predicted molar refractivity (Wildman–Crippen MR) is 124 cm³/mol. The molecule has 4 heteroatoms. The van der Waals surface area contributed by atoms with Gasteiger partial charge >= 0.3 is 0 Å². The van der Waals surface area contributed by atoms with Gasteiger partial charge in [0.15, 0.2) is 0 Å². The van der Waals surface area contributed by atoms with Crippen molar-refractivity contribution in [1.82, 2.24) is 9.97 Å². The predicted octanol–water partition coefficient (Wildman–Crippen LogP) is 5.92. The topological polar surface area (TPSA) is 63.1 Å². The zero-order valence-corrected chi connectivity index (χ0v) is 18.8. The lowest BCUT2D eigenvalue weighted by Gasteiger charge is -2.21. The Morgan fingerprint density at radius 3 is 2.35 bits per heavy atom. The largest absolute Gasteiger partial charge is 0.384 e. The van der Waals surface area contributed by atoms with Gasteiger partial charge in [-0.05, 0) is 41.7 Å². The van der Waals surface area contributed by atoms with Crippen LogP contribution in [0.1, 0.15) is 87.3 Å². The summed E-state index contributed by atoms with van der Waals surface area (Å²) in [4.78, 5) is 21.8. The van der Waals surface area contributed by atoms with Crippen molar-refractivity contribution in [3.63, 3.8) is 0 Å². The van der Waals surface area contributed by atoms with Crippen molar-refractivity contribution in [3.8, 4) is 0 Å². The fourth-order valence-electron chi connectivity index (χ4n) is 4.27. The smallest absolute Gasteiger partial charge is 0.142 e. The summed E-state index contributed by atoms with van der Waals surface area (Å²) in [6, 6.07) is 13.5. The summed E-state index contributed by atoms with van der Waals surface area (Å²) in [5.41, 5.74) is 5.01. The third kappa shape index (κ3) is 5.01. The molecule has 1 saturated carbocycles. The Labute approximate surface area is 184 Å². The van der Waals surface area contributed by atoms with Gasteiger partial charge in [0.2, 0.25) is 0 Å². The van der Waals surface area contributed by atoms with Crippen LogP contribution >= 0.6 is 0 Å². The zero-order valence-electron chi connectivity index (χ0n) is 18.8. The molecule has 1 atom stereocenters. The van der Waals surface area contributed by atoms with Gasteiger partial charge in [-0.25, -0.2) is 4.98 Å². The molecule has 1 N–H and O–H groups in total. The van der Waals surface area contributed by atoms with E-state index in [9.17, 15) is 9.90 Å². The average molecular weight is 417 g/mol. The Morgan fingerprint density at radius 2 is 1.68 bits per heavy atom. The van der Waals surface area contributed by atoms with Crippen molar-refractivity contribution in [3.05, 3.63) is 71.0 Å². The highest BCUT2D eigenvalue weighted by Gasteiger charge is 2.21. The molecule has 0 radical (unpaired) electrons. The first-order chi connectivity index (χ1) is 14.8. The molecule has 1 fully saturated rings. The molecule has 0 amide bonds. The number of benzene rings is 2. The quantitative estimate of drug-likeness (QED) is 0.561. The molecule has 0 saturated heterocycles. The molecule has 0 bridgehead atoms. The molecule has 1 aliphatic rings. The third-order valence-electron chi connectivity index (χ3n) is 6.42. The van der Waals surface area contributed by atoms with E-state index in [1.165, 1.54) is 32.1 Å². The number of fused-ring (bicyclic) bond motifs is 1. The molecule has 4 rings (SSSR count). The van der Waals surface area contributed by atoms with Crippen LogP contribution in [0, 0.1) is 5.41 Å². The van der Waals surface area contributed by atoms with E-state index in [-0.39, 0.29) is 11.2 Å².